The number of benzene rings is 4. The topological polar surface area (TPSA) is 88.4 Å². The minimum Gasteiger partial charge on any atom is -0.489 e. The molecule has 1 N–H and O–H groups in total. The highest BCUT2D eigenvalue weighted by Gasteiger charge is 2.26. The normalized spacial score (nSPS) is 13.1. The van der Waals surface area contributed by atoms with Gasteiger partial charge in [-0.05, 0) is 59.7 Å². The van der Waals surface area contributed by atoms with Crippen molar-refractivity contribution in [3.63, 3.8) is 0 Å². The predicted octanol–water partition coefficient (Wildman–Crippen LogP) is 8.70. The molecule has 8 nitrogen and oxygen atoms in total. The number of fused-ring (bicyclic) bond motifs is 3. The van der Waals surface area contributed by atoms with Crippen LogP contribution in [0.1, 0.15) is 21.6 Å². The van der Waals surface area contributed by atoms with Gasteiger partial charge in [-0.15, -0.1) is 0 Å². The van der Waals surface area contributed by atoms with Gasteiger partial charge < -0.3 is 33.4 Å². The number of halogens is 4. The Bertz CT molecular complexity index is 1940. The Kier molecular flexibility index (Phi) is 7.10. The van der Waals surface area contributed by atoms with Crippen molar-refractivity contribution in [3.05, 3.63) is 97.6 Å². The summed E-state index contributed by atoms with van der Waals surface area (Å²) < 4.78 is 29.6. The van der Waals surface area contributed by atoms with E-state index in [0.29, 0.717) is 82.0 Å². The molecule has 0 unspecified atom stereocenters. The molecule has 12 heteroatoms. The summed E-state index contributed by atoms with van der Waals surface area (Å²) in [5, 5.41) is 12.8. The van der Waals surface area contributed by atoms with Crippen LogP contribution in [0, 0.1) is 0 Å². The molecule has 0 atom stereocenters. The van der Waals surface area contributed by atoms with Crippen molar-refractivity contribution in [1.82, 2.24) is 4.57 Å². The third-order valence-electron chi connectivity index (χ3n) is 7.19. The fourth-order valence-corrected chi connectivity index (χ4v) is 6.23. The fourth-order valence-electron chi connectivity index (χ4n) is 5.28. The Labute approximate surface area is 264 Å². The number of hydrogen-bond donors (Lipinski definition) is 1. The summed E-state index contributed by atoms with van der Waals surface area (Å²) in [7, 11) is 0. The highest BCUT2D eigenvalue weighted by molar-refractivity contribution is 6.35. The van der Waals surface area contributed by atoms with Crippen molar-refractivity contribution in [1.29, 1.82) is 0 Å². The summed E-state index contributed by atoms with van der Waals surface area (Å²) in [4.78, 5) is 12.9. The van der Waals surface area contributed by atoms with E-state index in [9.17, 15) is 9.90 Å². The zero-order chi connectivity index (χ0) is 29.8. The van der Waals surface area contributed by atoms with E-state index in [1.54, 1.807) is 65.2 Å². The van der Waals surface area contributed by atoms with Gasteiger partial charge in [0.2, 0.25) is 13.6 Å². The summed E-state index contributed by atoms with van der Waals surface area (Å²) in [6.07, 6.45) is 0. The number of aromatic carboxylic acids is 1. The van der Waals surface area contributed by atoms with E-state index >= 15 is 0 Å². The number of nitrogens with zero attached hydrogens (tertiary/aromatic N) is 1. The molecule has 0 amide bonds. The van der Waals surface area contributed by atoms with Crippen LogP contribution < -0.4 is 23.7 Å². The van der Waals surface area contributed by atoms with E-state index in [0.717, 1.165) is 0 Å². The molecule has 4 aromatic carbocycles. The third kappa shape index (κ3) is 5.14. The first-order chi connectivity index (χ1) is 20.7. The van der Waals surface area contributed by atoms with E-state index in [-0.39, 0.29) is 32.4 Å². The van der Waals surface area contributed by atoms with Crippen LogP contribution in [-0.4, -0.2) is 29.2 Å². The largest absolute Gasteiger partial charge is 0.489 e. The number of ether oxygens (including phenoxy) is 5. The highest BCUT2D eigenvalue weighted by atomic mass is 35.5. The lowest BCUT2D eigenvalue weighted by molar-refractivity contribution is 0.0687. The molecule has 3 heterocycles. The fraction of sp³-hybridized carbons (Fsp3) is 0.129. The van der Waals surface area contributed by atoms with Gasteiger partial charge in [-0.2, -0.15) is 0 Å². The first-order valence-electron chi connectivity index (χ1n) is 12.9. The Hall–Kier alpha value is -3.95. The molecule has 2 aliphatic heterocycles. The van der Waals surface area contributed by atoms with Gasteiger partial charge in [-0.3, -0.25) is 0 Å². The van der Waals surface area contributed by atoms with E-state index in [1.807, 2.05) is 0 Å². The van der Waals surface area contributed by atoms with Crippen LogP contribution in [-0.2, 0) is 13.2 Å². The lowest BCUT2D eigenvalue weighted by Gasteiger charge is -2.12. The number of hydrogen-bond acceptors (Lipinski definition) is 6. The smallest absolute Gasteiger partial charge is 0.353 e. The van der Waals surface area contributed by atoms with Crippen LogP contribution in [0.2, 0.25) is 20.1 Å². The zero-order valence-corrected chi connectivity index (χ0v) is 25.0. The lowest BCUT2D eigenvalue weighted by atomic mass is 10.0. The molecule has 7 rings (SSSR count). The predicted molar refractivity (Wildman–Crippen MR) is 163 cm³/mol. The maximum atomic E-state index is 12.9. The van der Waals surface area contributed by atoms with Crippen LogP contribution in [0.3, 0.4) is 0 Å². The second-order valence-corrected chi connectivity index (χ2v) is 11.5. The van der Waals surface area contributed by atoms with Gasteiger partial charge in [0.15, 0.2) is 23.0 Å². The van der Waals surface area contributed by atoms with Crippen molar-refractivity contribution in [2.24, 2.45) is 0 Å². The summed E-state index contributed by atoms with van der Waals surface area (Å²) >= 11 is 25.8. The summed E-state index contributed by atoms with van der Waals surface area (Å²) in [5.74, 6) is 1.57. The number of rotatable bonds is 7. The molecule has 0 fully saturated rings. The van der Waals surface area contributed by atoms with Crippen LogP contribution in [0.25, 0.3) is 22.0 Å². The van der Waals surface area contributed by atoms with Gasteiger partial charge in [-0.1, -0.05) is 46.4 Å². The maximum Gasteiger partial charge on any atom is 0.353 e. The Morgan fingerprint density at radius 3 is 1.98 bits per heavy atom. The standard InChI is InChI=1S/C31H19Cl4NO7/c32-18-3-15(4-19(33)7-18)29-21-8-20(39-12-17-6-26-28(10-23(17)35)43-14-41-26)1-2-24(21)36(30(29)31(37)38)11-16-5-25-27(9-22(16)34)42-13-40-25/h1-10H,11-14H2,(H,37,38). The van der Waals surface area contributed by atoms with Crippen LogP contribution in [0.15, 0.2) is 60.7 Å². The maximum absolute atomic E-state index is 12.9. The number of carbonyl (C=O) groups is 1. The van der Waals surface area contributed by atoms with Gasteiger partial charge >= 0.3 is 5.97 Å². The summed E-state index contributed by atoms with van der Waals surface area (Å²) in [6, 6.07) is 17.2. The molecule has 0 radical (unpaired) electrons. The first-order valence-corrected chi connectivity index (χ1v) is 14.4. The average Bonchev–Trinajstić information content (AvgIpc) is 3.68. The molecule has 0 saturated carbocycles. The molecule has 0 bridgehead atoms. The van der Waals surface area contributed by atoms with Gasteiger partial charge in [0.25, 0.3) is 0 Å². The Balaban J connectivity index is 1.35. The van der Waals surface area contributed by atoms with Gasteiger partial charge in [0, 0.05) is 49.2 Å². The van der Waals surface area contributed by atoms with Crippen molar-refractivity contribution in [3.8, 4) is 39.9 Å². The SMILES string of the molecule is O=C(O)c1c(-c2cc(Cl)cc(Cl)c2)c2cc(OCc3cc4c(cc3Cl)OCO4)ccc2n1Cc1cc2c(cc1Cl)OCO2. The Morgan fingerprint density at radius 1 is 0.767 bits per heavy atom. The third-order valence-corrected chi connectivity index (χ3v) is 8.33. The van der Waals surface area contributed by atoms with E-state index in [2.05, 4.69) is 0 Å². The molecular weight excluding hydrogens is 640 g/mol. The molecule has 0 aliphatic carbocycles. The van der Waals surface area contributed by atoms with Crippen LogP contribution in [0.5, 0.6) is 28.7 Å². The van der Waals surface area contributed by atoms with Gasteiger partial charge in [0.05, 0.1) is 11.6 Å². The minimum absolute atomic E-state index is 0.0260. The lowest BCUT2D eigenvalue weighted by Crippen LogP contribution is -2.11. The number of aromatic nitrogens is 1. The second kappa shape index (κ2) is 11.0. The molecular formula is C31H19Cl4NO7. The average molecular weight is 659 g/mol. The summed E-state index contributed by atoms with van der Waals surface area (Å²) in [6.45, 7) is 0.485. The van der Waals surface area contributed by atoms with Crippen LogP contribution in [0.4, 0.5) is 0 Å². The zero-order valence-electron chi connectivity index (χ0n) is 22.0. The van der Waals surface area contributed by atoms with E-state index in [4.69, 9.17) is 70.1 Å². The quantitative estimate of drug-likeness (QED) is 0.187. The number of carboxylic acids is 1. The van der Waals surface area contributed by atoms with Gasteiger partial charge in [0.1, 0.15) is 18.1 Å². The van der Waals surface area contributed by atoms with Crippen molar-refractivity contribution >= 4 is 63.3 Å². The van der Waals surface area contributed by atoms with Crippen molar-refractivity contribution in [2.45, 2.75) is 13.2 Å². The number of carboxylic acid groups (broad SMARTS) is 1. The van der Waals surface area contributed by atoms with Crippen LogP contribution >= 0.6 is 46.4 Å². The molecule has 5 aromatic rings. The molecule has 0 spiro atoms. The van der Waals surface area contributed by atoms with Crippen molar-refractivity contribution < 1.29 is 33.6 Å². The Morgan fingerprint density at radius 2 is 1.35 bits per heavy atom. The second-order valence-electron chi connectivity index (χ2n) is 9.83. The van der Waals surface area contributed by atoms with E-state index < -0.39 is 5.97 Å². The summed E-state index contributed by atoms with van der Waals surface area (Å²) in [5.41, 5.74) is 2.97. The molecule has 43 heavy (non-hydrogen) atoms. The molecule has 2 aliphatic rings. The van der Waals surface area contributed by atoms with Gasteiger partial charge in [-0.25, -0.2) is 4.79 Å². The minimum atomic E-state index is -1.14. The highest BCUT2D eigenvalue weighted by Crippen LogP contribution is 2.42. The molecule has 218 valence electrons. The first kappa shape index (κ1) is 27.9. The monoisotopic (exact) mass is 657 g/mol. The molecule has 1 aromatic heterocycles. The van der Waals surface area contributed by atoms with Crippen molar-refractivity contribution in [2.75, 3.05) is 13.6 Å². The molecule has 0 saturated heterocycles. The van der Waals surface area contributed by atoms with E-state index in [1.165, 1.54) is 0 Å².